The number of rotatable bonds is 6. The second-order valence-electron chi connectivity index (χ2n) is 7.94. The largest absolute Gasteiger partial charge is 0.598 e. The molecule has 0 spiro atoms. The Hall–Kier alpha value is -1.85. The first-order valence-corrected chi connectivity index (χ1v) is 11.0. The molecule has 0 aromatic heterocycles. The van der Waals surface area contributed by atoms with Crippen LogP contribution >= 0.6 is 11.6 Å². The van der Waals surface area contributed by atoms with E-state index in [0.29, 0.717) is 10.6 Å². The number of hydrogen-bond donors (Lipinski definition) is 1. The maximum atomic E-state index is 13.7. The van der Waals surface area contributed by atoms with Gasteiger partial charge in [0.1, 0.15) is 10.6 Å². The molecule has 0 bridgehead atoms. The molecule has 0 saturated carbocycles. The van der Waals surface area contributed by atoms with Crippen LogP contribution in [0.5, 0.6) is 0 Å². The van der Waals surface area contributed by atoms with Crippen LogP contribution in [-0.2, 0) is 11.4 Å². The van der Waals surface area contributed by atoms with Gasteiger partial charge in [-0.15, -0.1) is 4.72 Å². The summed E-state index contributed by atoms with van der Waals surface area (Å²) in [6, 6.07) is 24.0. The van der Waals surface area contributed by atoms with Crippen LogP contribution < -0.4 is 4.72 Å². The molecule has 3 aromatic carbocycles. The topological polar surface area (TPSA) is 35.1 Å². The molecule has 3 rings (SSSR count). The summed E-state index contributed by atoms with van der Waals surface area (Å²) in [6.45, 7) is 5.75. The van der Waals surface area contributed by atoms with Crippen molar-refractivity contribution in [3.8, 4) is 0 Å². The number of nitrogens with one attached hydrogen (secondary N) is 1. The van der Waals surface area contributed by atoms with Gasteiger partial charge in [-0.05, 0) is 49.6 Å². The van der Waals surface area contributed by atoms with Crippen molar-refractivity contribution in [3.05, 3.63) is 106 Å². The van der Waals surface area contributed by atoms with Crippen LogP contribution in [0.3, 0.4) is 0 Å². The molecule has 29 heavy (non-hydrogen) atoms. The van der Waals surface area contributed by atoms with Gasteiger partial charge in [0.15, 0.2) is 0 Å². The molecule has 0 heterocycles. The molecule has 0 aliphatic carbocycles. The van der Waals surface area contributed by atoms with Crippen molar-refractivity contribution in [1.82, 2.24) is 4.72 Å². The zero-order chi connectivity index (χ0) is 21.0. The van der Waals surface area contributed by atoms with Crippen molar-refractivity contribution in [3.63, 3.8) is 0 Å². The van der Waals surface area contributed by atoms with Crippen LogP contribution in [0.1, 0.15) is 49.4 Å². The molecular formula is C24H25ClFNOS. The van der Waals surface area contributed by atoms with Gasteiger partial charge in [0.05, 0.1) is 6.04 Å². The Labute approximate surface area is 180 Å². The predicted molar refractivity (Wildman–Crippen MR) is 120 cm³/mol. The maximum absolute atomic E-state index is 13.7. The summed E-state index contributed by atoms with van der Waals surface area (Å²) in [7, 11) is 0. The minimum absolute atomic E-state index is 0.160. The lowest BCUT2D eigenvalue weighted by Gasteiger charge is -2.33. The Morgan fingerprint density at radius 1 is 0.897 bits per heavy atom. The first-order chi connectivity index (χ1) is 13.8. The van der Waals surface area contributed by atoms with Crippen molar-refractivity contribution in [2.45, 2.75) is 37.5 Å². The van der Waals surface area contributed by atoms with E-state index in [-0.39, 0.29) is 5.92 Å². The van der Waals surface area contributed by atoms with Crippen molar-refractivity contribution in [2.75, 3.05) is 0 Å². The highest BCUT2D eigenvalue weighted by atomic mass is 35.5. The van der Waals surface area contributed by atoms with Gasteiger partial charge >= 0.3 is 0 Å². The summed E-state index contributed by atoms with van der Waals surface area (Å²) in [6.07, 6.45) is 0. The third kappa shape index (κ3) is 5.40. The molecule has 2 nitrogen and oxygen atoms in total. The molecule has 0 fully saturated rings. The molecule has 0 aliphatic heterocycles. The summed E-state index contributed by atoms with van der Waals surface area (Å²) < 4.78 is 29.6. The Balaban J connectivity index is 2.17. The highest BCUT2D eigenvalue weighted by Gasteiger charge is 2.36. The molecule has 3 aromatic rings. The highest BCUT2D eigenvalue weighted by Crippen LogP contribution is 2.40. The second kappa shape index (κ2) is 9.31. The predicted octanol–water partition coefficient (Wildman–Crippen LogP) is 6.40. The molecule has 1 N–H and O–H groups in total. The van der Waals surface area contributed by atoms with E-state index in [4.69, 9.17) is 11.6 Å². The fourth-order valence-electron chi connectivity index (χ4n) is 3.26. The van der Waals surface area contributed by atoms with Crippen LogP contribution in [0, 0.1) is 5.82 Å². The van der Waals surface area contributed by atoms with Gasteiger partial charge in [0.25, 0.3) is 0 Å². The van der Waals surface area contributed by atoms with Gasteiger partial charge in [-0.25, -0.2) is 4.39 Å². The van der Waals surface area contributed by atoms with Crippen LogP contribution in [0.2, 0.25) is 5.02 Å². The van der Waals surface area contributed by atoms with Gasteiger partial charge < -0.3 is 4.55 Å². The highest BCUT2D eigenvalue weighted by molar-refractivity contribution is 7.90. The van der Waals surface area contributed by atoms with Crippen LogP contribution in [0.4, 0.5) is 4.39 Å². The molecule has 0 saturated heterocycles. The lowest BCUT2D eigenvalue weighted by Crippen LogP contribution is -2.43. The van der Waals surface area contributed by atoms with Crippen molar-refractivity contribution in [1.29, 1.82) is 0 Å². The van der Waals surface area contributed by atoms with Gasteiger partial charge in [0, 0.05) is 22.3 Å². The fraction of sp³-hybridized carbons (Fsp3) is 0.250. The van der Waals surface area contributed by atoms with Gasteiger partial charge in [0.2, 0.25) is 0 Å². The summed E-state index contributed by atoms with van der Waals surface area (Å²) in [5.41, 5.74) is 2.83. The SMILES string of the molecule is CC(C)(C)[S+]([O-])N[C@@H](c1ccc(F)cc1Cl)C(c1ccccc1)c1ccccc1. The maximum Gasteiger partial charge on any atom is 0.136 e. The van der Waals surface area contributed by atoms with Gasteiger partial charge in [-0.1, -0.05) is 78.3 Å². The Morgan fingerprint density at radius 2 is 1.41 bits per heavy atom. The van der Waals surface area contributed by atoms with E-state index in [9.17, 15) is 8.94 Å². The number of benzene rings is 3. The van der Waals surface area contributed by atoms with E-state index < -0.39 is 28.0 Å². The van der Waals surface area contributed by atoms with Crippen LogP contribution in [-0.4, -0.2) is 9.30 Å². The third-order valence-corrected chi connectivity index (χ3v) is 6.65. The van der Waals surface area contributed by atoms with E-state index in [2.05, 4.69) is 4.72 Å². The molecule has 5 heteroatoms. The zero-order valence-corrected chi connectivity index (χ0v) is 18.3. The average molecular weight is 430 g/mol. The van der Waals surface area contributed by atoms with Crippen molar-refractivity contribution in [2.24, 2.45) is 0 Å². The zero-order valence-electron chi connectivity index (χ0n) is 16.7. The van der Waals surface area contributed by atoms with Crippen molar-refractivity contribution >= 4 is 23.0 Å². The average Bonchev–Trinajstić information content (AvgIpc) is 2.68. The third-order valence-electron chi connectivity index (χ3n) is 4.74. The first kappa shape index (κ1) is 21.8. The molecule has 0 aliphatic rings. The first-order valence-electron chi connectivity index (χ1n) is 9.50. The lowest BCUT2D eigenvalue weighted by molar-refractivity contribution is 0.504. The second-order valence-corrected chi connectivity index (χ2v) is 10.3. The van der Waals surface area contributed by atoms with Crippen molar-refractivity contribution < 1.29 is 8.94 Å². The molecular weight excluding hydrogens is 405 g/mol. The van der Waals surface area contributed by atoms with E-state index in [1.54, 1.807) is 6.07 Å². The summed E-state index contributed by atoms with van der Waals surface area (Å²) >= 11 is 5.11. The summed E-state index contributed by atoms with van der Waals surface area (Å²) in [5.74, 6) is -0.558. The Morgan fingerprint density at radius 3 is 1.86 bits per heavy atom. The van der Waals surface area contributed by atoms with Crippen LogP contribution in [0.15, 0.2) is 78.9 Å². The number of halogens is 2. The Kier molecular flexibility index (Phi) is 7.01. The summed E-state index contributed by atoms with van der Waals surface area (Å²) in [4.78, 5) is 0. The summed E-state index contributed by atoms with van der Waals surface area (Å²) in [5, 5.41) is 0.310. The monoisotopic (exact) mass is 429 g/mol. The normalized spacial score (nSPS) is 14.0. The molecule has 2 atom stereocenters. The fourth-order valence-corrected chi connectivity index (χ4v) is 4.39. The molecule has 1 unspecified atom stereocenters. The minimum atomic E-state index is -1.35. The quantitative estimate of drug-likeness (QED) is 0.460. The minimum Gasteiger partial charge on any atom is -0.598 e. The molecule has 152 valence electrons. The van der Waals surface area contributed by atoms with Gasteiger partial charge in [-0.2, -0.15) is 0 Å². The molecule has 0 amide bonds. The van der Waals surface area contributed by atoms with E-state index in [1.165, 1.54) is 12.1 Å². The molecule has 0 radical (unpaired) electrons. The van der Waals surface area contributed by atoms with E-state index >= 15 is 0 Å². The standard InChI is InChI=1S/C24H25ClFNOS/c1-24(2,3)29(28)27-23(20-15-14-19(26)16-21(20)25)22(17-10-6-4-7-11-17)18-12-8-5-9-13-18/h4-16,22-23,27H,1-3H3/t23-,29?/m0/s1. The van der Waals surface area contributed by atoms with E-state index in [0.717, 1.165) is 11.1 Å². The Bertz CT molecular complexity index is 891. The van der Waals surface area contributed by atoms with E-state index in [1.807, 2.05) is 81.4 Å². The lowest BCUT2D eigenvalue weighted by atomic mass is 9.82. The van der Waals surface area contributed by atoms with Gasteiger partial charge in [-0.3, -0.25) is 0 Å². The smallest absolute Gasteiger partial charge is 0.136 e. The number of hydrogen-bond acceptors (Lipinski definition) is 2. The van der Waals surface area contributed by atoms with Crippen LogP contribution in [0.25, 0.3) is 0 Å².